The van der Waals surface area contributed by atoms with E-state index in [0.717, 1.165) is 4.68 Å². The first-order valence-corrected chi connectivity index (χ1v) is 7.71. The number of halogens is 2. The topological polar surface area (TPSA) is 81.8 Å². The summed E-state index contributed by atoms with van der Waals surface area (Å²) in [6, 6.07) is 5.65. The molecule has 0 radical (unpaired) electrons. The highest BCUT2D eigenvalue weighted by Gasteiger charge is 2.12. The Morgan fingerprint density at radius 3 is 2.75 bits per heavy atom. The monoisotopic (exact) mass is 349 g/mol. The van der Waals surface area contributed by atoms with E-state index in [2.05, 4.69) is 15.5 Å². The number of hydrogen-bond acceptors (Lipinski definition) is 4. The molecular formula is C15H13ClFN5O2. The maximum atomic E-state index is 13.0. The SMILES string of the molecule is O=C(CCCCl)Nn1cnc2c(cnn2-c2ccc(F)cc2)c1=O. The van der Waals surface area contributed by atoms with Gasteiger partial charge in [-0.1, -0.05) is 0 Å². The summed E-state index contributed by atoms with van der Waals surface area (Å²) in [6.07, 6.45) is 3.30. The third-order valence-electron chi connectivity index (χ3n) is 3.34. The van der Waals surface area contributed by atoms with E-state index in [1.165, 1.54) is 41.5 Å². The first kappa shape index (κ1) is 16.1. The highest BCUT2D eigenvalue weighted by atomic mass is 35.5. The van der Waals surface area contributed by atoms with Gasteiger partial charge in [0, 0.05) is 12.3 Å². The fourth-order valence-corrected chi connectivity index (χ4v) is 2.31. The lowest BCUT2D eigenvalue weighted by atomic mass is 10.3. The van der Waals surface area contributed by atoms with E-state index in [4.69, 9.17) is 11.6 Å². The van der Waals surface area contributed by atoms with E-state index in [-0.39, 0.29) is 23.5 Å². The standard InChI is InChI=1S/C15H13ClFN5O2/c16-7-1-2-13(23)20-21-9-18-14-12(15(21)24)8-19-22(14)11-5-3-10(17)4-6-11/h3-6,8-9H,1-2,7H2,(H,20,23). The third kappa shape index (κ3) is 3.13. The fraction of sp³-hybridized carbons (Fsp3) is 0.200. The van der Waals surface area contributed by atoms with Gasteiger partial charge < -0.3 is 0 Å². The van der Waals surface area contributed by atoms with Crippen LogP contribution in [0.3, 0.4) is 0 Å². The molecule has 0 saturated carbocycles. The van der Waals surface area contributed by atoms with Crippen molar-refractivity contribution in [2.75, 3.05) is 11.3 Å². The molecule has 0 atom stereocenters. The number of alkyl halides is 1. The van der Waals surface area contributed by atoms with Gasteiger partial charge in [-0.2, -0.15) is 5.10 Å². The van der Waals surface area contributed by atoms with Gasteiger partial charge in [0.25, 0.3) is 5.56 Å². The number of nitrogens with one attached hydrogen (secondary N) is 1. The fourth-order valence-electron chi connectivity index (χ4n) is 2.18. The summed E-state index contributed by atoms with van der Waals surface area (Å²) < 4.78 is 15.5. The van der Waals surface area contributed by atoms with Crippen LogP contribution in [-0.4, -0.2) is 31.2 Å². The number of aromatic nitrogens is 4. The molecule has 3 rings (SSSR count). The predicted octanol–water partition coefficient (Wildman–Crippen LogP) is 1.81. The Morgan fingerprint density at radius 1 is 1.29 bits per heavy atom. The lowest BCUT2D eigenvalue weighted by Gasteiger charge is -2.07. The second-order valence-corrected chi connectivity index (χ2v) is 5.40. The van der Waals surface area contributed by atoms with Crippen LogP contribution in [0.4, 0.5) is 4.39 Å². The number of carbonyl (C=O) groups is 1. The zero-order valence-corrected chi connectivity index (χ0v) is 13.2. The summed E-state index contributed by atoms with van der Waals surface area (Å²) >= 11 is 5.53. The lowest BCUT2D eigenvalue weighted by Crippen LogP contribution is -2.33. The molecule has 0 bridgehead atoms. The van der Waals surface area contributed by atoms with Gasteiger partial charge in [-0.25, -0.2) is 18.7 Å². The smallest absolute Gasteiger partial charge is 0.273 e. The summed E-state index contributed by atoms with van der Waals surface area (Å²) in [5.41, 5.74) is 2.89. The number of rotatable bonds is 5. The number of fused-ring (bicyclic) bond motifs is 1. The zero-order chi connectivity index (χ0) is 17.1. The van der Waals surface area contributed by atoms with Crippen molar-refractivity contribution in [3.8, 4) is 5.69 Å². The Hall–Kier alpha value is -2.74. The van der Waals surface area contributed by atoms with Crippen LogP contribution in [0.2, 0.25) is 0 Å². The van der Waals surface area contributed by atoms with Gasteiger partial charge in [0.15, 0.2) is 5.65 Å². The van der Waals surface area contributed by atoms with Crippen molar-refractivity contribution in [2.45, 2.75) is 12.8 Å². The van der Waals surface area contributed by atoms with E-state index in [9.17, 15) is 14.0 Å². The molecule has 0 aliphatic rings. The molecule has 2 heterocycles. The summed E-state index contributed by atoms with van der Waals surface area (Å²) in [4.78, 5) is 28.3. The molecular weight excluding hydrogens is 337 g/mol. The largest absolute Gasteiger partial charge is 0.283 e. The van der Waals surface area contributed by atoms with Crippen molar-refractivity contribution in [3.63, 3.8) is 0 Å². The van der Waals surface area contributed by atoms with Crippen LogP contribution in [-0.2, 0) is 4.79 Å². The minimum atomic E-state index is -0.451. The number of amides is 1. The minimum absolute atomic E-state index is 0.211. The first-order chi connectivity index (χ1) is 11.6. The Bertz CT molecular complexity index is 935. The second kappa shape index (κ2) is 6.79. The molecule has 0 unspecified atom stereocenters. The van der Waals surface area contributed by atoms with Crippen molar-refractivity contribution in [1.29, 1.82) is 0 Å². The van der Waals surface area contributed by atoms with Crippen LogP contribution in [0.1, 0.15) is 12.8 Å². The molecule has 0 aliphatic heterocycles. The molecule has 1 aromatic carbocycles. The number of carbonyl (C=O) groups excluding carboxylic acids is 1. The van der Waals surface area contributed by atoms with Crippen molar-refractivity contribution >= 4 is 28.5 Å². The molecule has 9 heteroatoms. The molecule has 1 amide bonds. The zero-order valence-electron chi connectivity index (χ0n) is 12.4. The quantitative estimate of drug-likeness (QED) is 0.712. The average Bonchev–Trinajstić information content (AvgIpc) is 3.01. The molecule has 7 nitrogen and oxygen atoms in total. The van der Waals surface area contributed by atoms with Crippen LogP contribution >= 0.6 is 11.6 Å². The van der Waals surface area contributed by atoms with Gasteiger partial charge in [0.1, 0.15) is 17.5 Å². The summed E-state index contributed by atoms with van der Waals surface area (Å²) in [6.45, 7) is 0. The van der Waals surface area contributed by atoms with Gasteiger partial charge in [0.05, 0.1) is 11.9 Å². The number of hydrogen-bond donors (Lipinski definition) is 1. The molecule has 3 aromatic rings. The van der Waals surface area contributed by atoms with E-state index in [0.29, 0.717) is 23.6 Å². The molecule has 1 N–H and O–H groups in total. The Morgan fingerprint density at radius 2 is 2.04 bits per heavy atom. The Balaban J connectivity index is 1.95. The van der Waals surface area contributed by atoms with E-state index >= 15 is 0 Å². The van der Waals surface area contributed by atoms with Gasteiger partial charge in [-0.05, 0) is 30.7 Å². The summed E-state index contributed by atoms with van der Waals surface area (Å²) in [7, 11) is 0. The van der Waals surface area contributed by atoms with E-state index in [1.807, 2.05) is 0 Å². The molecule has 0 saturated heterocycles. The highest BCUT2D eigenvalue weighted by Crippen LogP contribution is 2.13. The molecule has 0 aliphatic carbocycles. The number of nitrogens with zero attached hydrogens (tertiary/aromatic N) is 4. The summed E-state index contributed by atoms with van der Waals surface area (Å²) in [5.74, 6) is -0.334. The summed E-state index contributed by atoms with van der Waals surface area (Å²) in [5, 5.41) is 4.35. The van der Waals surface area contributed by atoms with Gasteiger partial charge in [-0.15, -0.1) is 11.6 Å². The van der Waals surface area contributed by atoms with Crippen molar-refractivity contribution < 1.29 is 9.18 Å². The van der Waals surface area contributed by atoms with Crippen LogP contribution in [0.15, 0.2) is 41.6 Å². The Kier molecular flexibility index (Phi) is 4.57. The van der Waals surface area contributed by atoms with Crippen LogP contribution < -0.4 is 11.0 Å². The maximum absolute atomic E-state index is 13.0. The molecule has 0 fully saturated rings. The highest BCUT2D eigenvalue weighted by molar-refractivity contribution is 6.17. The normalized spacial score (nSPS) is 10.9. The van der Waals surface area contributed by atoms with Crippen molar-refractivity contribution in [3.05, 3.63) is 53.0 Å². The molecule has 24 heavy (non-hydrogen) atoms. The van der Waals surface area contributed by atoms with E-state index in [1.54, 1.807) is 0 Å². The van der Waals surface area contributed by atoms with Crippen LogP contribution in [0.5, 0.6) is 0 Å². The maximum Gasteiger partial charge on any atom is 0.283 e. The predicted molar refractivity (Wildman–Crippen MR) is 87.4 cm³/mol. The average molecular weight is 350 g/mol. The van der Waals surface area contributed by atoms with Gasteiger partial charge in [-0.3, -0.25) is 15.0 Å². The van der Waals surface area contributed by atoms with Crippen molar-refractivity contribution in [1.82, 2.24) is 19.4 Å². The molecule has 2 aromatic heterocycles. The van der Waals surface area contributed by atoms with Gasteiger partial charge >= 0.3 is 0 Å². The molecule has 0 spiro atoms. The van der Waals surface area contributed by atoms with Crippen LogP contribution in [0, 0.1) is 5.82 Å². The third-order valence-corrected chi connectivity index (χ3v) is 3.61. The lowest BCUT2D eigenvalue weighted by molar-refractivity contribution is -0.117. The molecule has 124 valence electrons. The van der Waals surface area contributed by atoms with E-state index < -0.39 is 5.56 Å². The van der Waals surface area contributed by atoms with Crippen molar-refractivity contribution in [2.24, 2.45) is 0 Å². The van der Waals surface area contributed by atoms with Crippen LogP contribution in [0.25, 0.3) is 16.7 Å². The first-order valence-electron chi connectivity index (χ1n) is 7.17. The number of benzene rings is 1. The van der Waals surface area contributed by atoms with Gasteiger partial charge in [0.2, 0.25) is 5.91 Å². The Labute approximate surface area is 140 Å². The second-order valence-electron chi connectivity index (χ2n) is 5.02. The minimum Gasteiger partial charge on any atom is -0.273 e.